The summed E-state index contributed by atoms with van der Waals surface area (Å²) in [6.45, 7) is 3.89. The zero-order chi connectivity index (χ0) is 15.8. The van der Waals surface area contributed by atoms with E-state index in [-0.39, 0.29) is 0 Å². The molecule has 0 unspecified atom stereocenters. The van der Waals surface area contributed by atoms with Crippen LogP contribution in [0.25, 0.3) is 0 Å². The van der Waals surface area contributed by atoms with Gasteiger partial charge in [0, 0.05) is 37.8 Å². The van der Waals surface area contributed by atoms with E-state index >= 15 is 0 Å². The highest BCUT2D eigenvalue weighted by atomic mass is 16.5. The Balaban J connectivity index is 1.92. The molecule has 2 aromatic carbocycles. The fraction of sp³-hybridized carbons (Fsp3) is 0.333. The van der Waals surface area contributed by atoms with E-state index in [2.05, 4.69) is 28.4 Å². The number of hydrogen-bond acceptors (Lipinski definition) is 4. The second-order valence-corrected chi connectivity index (χ2v) is 5.14. The Labute approximate surface area is 132 Å². The Kier molecular flexibility index (Phi) is 6.10. The van der Waals surface area contributed by atoms with Gasteiger partial charge >= 0.3 is 0 Å². The summed E-state index contributed by atoms with van der Waals surface area (Å²) in [6, 6.07) is 16.3. The molecule has 0 aliphatic rings. The first-order valence-electron chi connectivity index (χ1n) is 7.54. The number of anilines is 3. The van der Waals surface area contributed by atoms with Crippen molar-refractivity contribution in [3.63, 3.8) is 0 Å². The van der Waals surface area contributed by atoms with Gasteiger partial charge in [0.1, 0.15) is 12.4 Å². The van der Waals surface area contributed by atoms with Crippen LogP contribution in [0, 0.1) is 0 Å². The van der Waals surface area contributed by atoms with Gasteiger partial charge in [-0.15, -0.1) is 0 Å². The summed E-state index contributed by atoms with van der Waals surface area (Å²) in [5, 5.41) is 3.40. The predicted octanol–water partition coefficient (Wildman–Crippen LogP) is 3.91. The molecule has 0 heterocycles. The van der Waals surface area contributed by atoms with Gasteiger partial charge in [-0.2, -0.15) is 0 Å². The van der Waals surface area contributed by atoms with Crippen LogP contribution in [0.3, 0.4) is 0 Å². The van der Waals surface area contributed by atoms with Crippen molar-refractivity contribution in [1.82, 2.24) is 0 Å². The summed E-state index contributed by atoms with van der Waals surface area (Å²) in [5.74, 6) is 0.854. The molecular weight excluding hydrogens is 276 g/mol. The molecule has 1 N–H and O–H groups in total. The molecule has 0 saturated carbocycles. The van der Waals surface area contributed by atoms with Gasteiger partial charge in [0.2, 0.25) is 0 Å². The second kappa shape index (κ2) is 8.29. The summed E-state index contributed by atoms with van der Waals surface area (Å²) in [7, 11) is 4.07. The standard InChI is InChI=1S/C18H24N2O2/c1-4-21-12-13-22-18-10-8-15(9-11-18)19-16-6-5-7-17(14-16)20(2)3/h5-11,14,19H,4,12-13H2,1-3H3. The smallest absolute Gasteiger partial charge is 0.119 e. The lowest BCUT2D eigenvalue weighted by atomic mass is 10.2. The van der Waals surface area contributed by atoms with Crippen LogP contribution in [0.4, 0.5) is 17.1 Å². The number of rotatable bonds is 8. The summed E-state index contributed by atoms with van der Waals surface area (Å²) in [5.41, 5.74) is 3.27. The van der Waals surface area contributed by atoms with Crippen LogP contribution in [-0.4, -0.2) is 33.9 Å². The summed E-state index contributed by atoms with van der Waals surface area (Å²) >= 11 is 0. The fourth-order valence-electron chi connectivity index (χ4n) is 2.03. The van der Waals surface area contributed by atoms with E-state index in [0.29, 0.717) is 13.2 Å². The van der Waals surface area contributed by atoms with E-state index < -0.39 is 0 Å². The van der Waals surface area contributed by atoms with E-state index in [1.54, 1.807) is 0 Å². The Bertz CT molecular complexity index is 568. The van der Waals surface area contributed by atoms with Gasteiger partial charge in [0.15, 0.2) is 0 Å². The Hall–Kier alpha value is -2.20. The first-order valence-corrected chi connectivity index (χ1v) is 7.54. The SMILES string of the molecule is CCOCCOc1ccc(Nc2cccc(N(C)C)c2)cc1. The molecule has 0 atom stereocenters. The highest BCUT2D eigenvalue weighted by Gasteiger charge is 1.99. The van der Waals surface area contributed by atoms with E-state index in [1.165, 1.54) is 5.69 Å². The maximum Gasteiger partial charge on any atom is 0.119 e. The largest absolute Gasteiger partial charge is 0.491 e. The lowest BCUT2D eigenvalue weighted by Crippen LogP contribution is -2.08. The van der Waals surface area contributed by atoms with Crippen molar-refractivity contribution in [3.8, 4) is 5.75 Å². The second-order valence-electron chi connectivity index (χ2n) is 5.14. The Morgan fingerprint density at radius 1 is 0.955 bits per heavy atom. The number of nitrogens with one attached hydrogen (secondary N) is 1. The molecule has 0 saturated heterocycles. The van der Waals surface area contributed by atoms with Crippen molar-refractivity contribution in [2.75, 3.05) is 44.1 Å². The molecule has 118 valence electrons. The minimum absolute atomic E-state index is 0.575. The molecule has 0 bridgehead atoms. The van der Waals surface area contributed by atoms with Gasteiger partial charge in [-0.25, -0.2) is 0 Å². The zero-order valence-corrected chi connectivity index (χ0v) is 13.5. The van der Waals surface area contributed by atoms with Crippen LogP contribution in [0.15, 0.2) is 48.5 Å². The molecule has 2 rings (SSSR count). The van der Waals surface area contributed by atoms with Crippen LogP contribution in [-0.2, 0) is 4.74 Å². The monoisotopic (exact) mass is 300 g/mol. The topological polar surface area (TPSA) is 33.7 Å². The molecule has 4 heteroatoms. The Morgan fingerprint density at radius 3 is 2.41 bits per heavy atom. The van der Waals surface area contributed by atoms with Crippen LogP contribution < -0.4 is 15.0 Å². The third-order valence-electron chi connectivity index (χ3n) is 3.21. The number of ether oxygens (including phenoxy) is 2. The summed E-state index contributed by atoms with van der Waals surface area (Å²) in [4.78, 5) is 2.08. The normalized spacial score (nSPS) is 10.3. The van der Waals surface area contributed by atoms with Crippen molar-refractivity contribution < 1.29 is 9.47 Å². The lowest BCUT2D eigenvalue weighted by Gasteiger charge is -2.14. The van der Waals surface area contributed by atoms with Crippen molar-refractivity contribution >= 4 is 17.1 Å². The summed E-state index contributed by atoms with van der Waals surface area (Å²) < 4.78 is 10.9. The molecule has 2 aromatic rings. The zero-order valence-electron chi connectivity index (χ0n) is 13.5. The average molecular weight is 300 g/mol. The van der Waals surface area contributed by atoms with E-state index in [1.807, 2.05) is 51.4 Å². The maximum atomic E-state index is 5.60. The molecule has 0 radical (unpaired) electrons. The minimum atomic E-state index is 0.575. The molecule has 0 aliphatic heterocycles. The highest BCUT2D eigenvalue weighted by molar-refractivity contribution is 5.65. The third-order valence-corrected chi connectivity index (χ3v) is 3.21. The quantitative estimate of drug-likeness (QED) is 0.749. The molecule has 4 nitrogen and oxygen atoms in total. The van der Waals surface area contributed by atoms with Gasteiger partial charge in [0.05, 0.1) is 6.61 Å². The molecular formula is C18H24N2O2. The minimum Gasteiger partial charge on any atom is -0.491 e. The Morgan fingerprint density at radius 2 is 1.73 bits per heavy atom. The van der Waals surface area contributed by atoms with Crippen LogP contribution in [0.1, 0.15) is 6.92 Å². The van der Waals surface area contributed by atoms with Crippen molar-refractivity contribution in [1.29, 1.82) is 0 Å². The number of hydrogen-bond donors (Lipinski definition) is 1. The first-order chi connectivity index (χ1) is 10.7. The number of benzene rings is 2. The maximum absolute atomic E-state index is 5.60. The molecule has 0 spiro atoms. The molecule has 0 amide bonds. The highest BCUT2D eigenvalue weighted by Crippen LogP contribution is 2.23. The van der Waals surface area contributed by atoms with Gasteiger partial charge in [-0.1, -0.05) is 6.07 Å². The van der Waals surface area contributed by atoms with Gasteiger partial charge in [-0.05, 0) is 49.4 Å². The van der Waals surface area contributed by atoms with Gasteiger partial charge in [0.25, 0.3) is 0 Å². The molecule has 0 fully saturated rings. The predicted molar refractivity (Wildman–Crippen MR) is 92.5 cm³/mol. The summed E-state index contributed by atoms with van der Waals surface area (Å²) in [6.07, 6.45) is 0. The third kappa shape index (κ3) is 4.97. The first kappa shape index (κ1) is 16.2. The number of nitrogens with zero attached hydrogens (tertiary/aromatic N) is 1. The van der Waals surface area contributed by atoms with Gasteiger partial charge < -0.3 is 19.7 Å². The van der Waals surface area contributed by atoms with E-state index in [4.69, 9.17) is 9.47 Å². The van der Waals surface area contributed by atoms with Crippen LogP contribution >= 0.6 is 0 Å². The van der Waals surface area contributed by atoms with E-state index in [0.717, 1.165) is 23.7 Å². The van der Waals surface area contributed by atoms with Crippen LogP contribution in [0.5, 0.6) is 5.75 Å². The van der Waals surface area contributed by atoms with Crippen molar-refractivity contribution in [2.24, 2.45) is 0 Å². The molecule has 0 aromatic heterocycles. The fourth-order valence-corrected chi connectivity index (χ4v) is 2.03. The molecule has 22 heavy (non-hydrogen) atoms. The average Bonchev–Trinajstić information content (AvgIpc) is 2.53. The van der Waals surface area contributed by atoms with Crippen molar-refractivity contribution in [2.45, 2.75) is 6.92 Å². The van der Waals surface area contributed by atoms with Crippen LogP contribution in [0.2, 0.25) is 0 Å². The van der Waals surface area contributed by atoms with Gasteiger partial charge in [-0.3, -0.25) is 0 Å². The van der Waals surface area contributed by atoms with Crippen molar-refractivity contribution in [3.05, 3.63) is 48.5 Å². The lowest BCUT2D eigenvalue weighted by molar-refractivity contribution is 0.110. The van der Waals surface area contributed by atoms with E-state index in [9.17, 15) is 0 Å². The molecule has 0 aliphatic carbocycles.